The Hall–Kier alpha value is -2.30. The van der Waals surface area contributed by atoms with Gasteiger partial charge < -0.3 is 9.64 Å². The van der Waals surface area contributed by atoms with Gasteiger partial charge in [0.05, 0.1) is 12.8 Å². The molecule has 0 saturated carbocycles. The number of piperazine rings is 1. The molecule has 4 rings (SSSR count). The van der Waals surface area contributed by atoms with Gasteiger partial charge in [0.15, 0.2) is 0 Å². The summed E-state index contributed by atoms with van der Waals surface area (Å²) in [5.74, 6) is 0.981. The van der Waals surface area contributed by atoms with Crippen LogP contribution in [0.3, 0.4) is 0 Å². The van der Waals surface area contributed by atoms with Gasteiger partial charge >= 0.3 is 0 Å². The number of hydrogen-bond acceptors (Lipinski definition) is 4. The number of ether oxygens (including phenoxy) is 1. The monoisotopic (exact) mass is 391 g/mol. The van der Waals surface area contributed by atoms with Crippen molar-refractivity contribution in [1.82, 2.24) is 9.80 Å². The average Bonchev–Trinajstić information content (AvgIpc) is 2.80. The molecule has 29 heavy (non-hydrogen) atoms. The molecule has 154 valence electrons. The van der Waals surface area contributed by atoms with Gasteiger partial charge in [-0.25, -0.2) is 0 Å². The molecule has 0 N–H and O–H groups in total. The van der Waals surface area contributed by atoms with Crippen LogP contribution >= 0.6 is 0 Å². The first-order chi connectivity index (χ1) is 14.3. The average molecular weight is 392 g/mol. The van der Waals surface area contributed by atoms with E-state index in [4.69, 9.17) is 4.74 Å². The van der Waals surface area contributed by atoms with Crippen LogP contribution in [0.15, 0.2) is 60.7 Å². The van der Waals surface area contributed by atoms with Gasteiger partial charge in [0.25, 0.3) is 0 Å². The van der Waals surface area contributed by atoms with Gasteiger partial charge in [0.1, 0.15) is 5.75 Å². The number of hydrogen-bond donors (Lipinski definition) is 0. The molecule has 2 saturated heterocycles. The molecule has 2 heterocycles. The minimum absolute atomic E-state index is 0.689. The van der Waals surface area contributed by atoms with E-state index in [0.29, 0.717) is 6.04 Å². The highest BCUT2D eigenvalue weighted by Crippen LogP contribution is 2.29. The maximum atomic E-state index is 5.56. The Morgan fingerprint density at radius 3 is 2.48 bits per heavy atom. The van der Waals surface area contributed by atoms with Crippen LogP contribution in [0.4, 0.5) is 5.69 Å². The predicted octanol–water partition coefficient (Wildman–Crippen LogP) is 4.00. The molecule has 0 radical (unpaired) electrons. The van der Waals surface area contributed by atoms with E-state index < -0.39 is 0 Å². The van der Waals surface area contributed by atoms with E-state index in [1.54, 1.807) is 7.11 Å². The second-order valence-electron chi connectivity index (χ2n) is 8.06. The summed E-state index contributed by atoms with van der Waals surface area (Å²) in [5.41, 5.74) is 2.51. The van der Waals surface area contributed by atoms with Crippen molar-refractivity contribution >= 4 is 11.8 Å². The summed E-state index contributed by atoms with van der Waals surface area (Å²) in [6, 6.07) is 19.7. The first-order valence-electron chi connectivity index (χ1n) is 10.9. The fourth-order valence-corrected chi connectivity index (χ4v) is 4.62. The van der Waals surface area contributed by atoms with E-state index in [1.165, 1.54) is 37.2 Å². The first-order valence-corrected chi connectivity index (χ1v) is 10.9. The standard InChI is InChI=1S/C25H33N3O/c1-29-25-14-6-5-13-24(25)28-19-17-27(18-20-28)23-12-8-16-26(21-23)15-7-11-22-9-3-2-4-10-22/h2-7,9-11,13-14,23H,8,12,15-21H2,1H3. The van der Waals surface area contributed by atoms with Gasteiger partial charge in [-0.2, -0.15) is 0 Å². The van der Waals surface area contributed by atoms with Gasteiger partial charge in [-0.1, -0.05) is 54.6 Å². The molecule has 0 bridgehead atoms. The van der Waals surface area contributed by atoms with E-state index in [2.05, 4.69) is 75.4 Å². The molecule has 2 aliphatic heterocycles. The first kappa shape index (κ1) is 20.0. The van der Waals surface area contributed by atoms with Gasteiger partial charge in [0.2, 0.25) is 0 Å². The highest BCUT2D eigenvalue weighted by molar-refractivity contribution is 5.58. The second kappa shape index (κ2) is 9.95. The Morgan fingerprint density at radius 1 is 0.931 bits per heavy atom. The summed E-state index contributed by atoms with van der Waals surface area (Å²) in [4.78, 5) is 7.79. The van der Waals surface area contributed by atoms with Crippen molar-refractivity contribution in [1.29, 1.82) is 0 Å². The van der Waals surface area contributed by atoms with Crippen LogP contribution in [0, 0.1) is 0 Å². The van der Waals surface area contributed by atoms with Crippen LogP contribution in [0.1, 0.15) is 18.4 Å². The van der Waals surface area contributed by atoms with E-state index >= 15 is 0 Å². The van der Waals surface area contributed by atoms with Crippen molar-refractivity contribution in [3.63, 3.8) is 0 Å². The van der Waals surface area contributed by atoms with E-state index in [-0.39, 0.29) is 0 Å². The third-order valence-corrected chi connectivity index (χ3v) is 6.21. The highest BCUT2D eigenvalue weighted by Gasteiger charge is 2.28. The van der Waals surface area contributed by atoms with Crippen molar-refractivity contribution in [2.24, 2.45) is 0 Å². The quantitative estimate of drug-likeness (QED) is 0.741. The van der Waals surface area contributed by atoms with Crippen LogP contribution in [-0.2, 0) is 0 Å². The number of para-hydroxylation sites is 2. The molecule has 0 amide bonds. The molecule has 2 aliphatic rings. The van der Waals surface area contributed by atoms with Gasteiger partial charge in [-0.15, -0.1) is 0 Å². The Kier molecular flexibility index (Phi) is 6.86. The topological polar surface area (TPSA) is 19.0 Å². The molecule has 4 nitrogen and oxygen atoms in total. The van der Waals surface area contributed by atoms with Gasteiger partial charge in [0, 0.05) is 45.3 Å². The zero-order valence-corrected chi connectivity index (χ0v) is 17.5. The van der Waals surface area contributed by atoms with Gasteiger partial charge in [-0.3, -0.25) is 9.80 Å². The van der Waals surface area contributed by atoms with Crippen molar-refractivity contribution < 1.29 is 4.74 Å². The third-order valence-electron chi connectivity index (χ3n) is 6.21. The Balaban J connectivity index is 1.28. The molecule has 4 heteroatoms. The predicted molar refractivity (Wildman–Crippen MR) is 122 cm³/mol. The minimum Gasteiger partial charge on any atom is -0.495 e. The fraction of sp³-hybridized carbons (Fsp3) is 0.440. The molecule has 0 spiro atoms. The molecule has 2 aromatic carbocycles. The second-order valence-corrected chi connectivity index (χ2v) is 8.06. The van der Waals surface area contributed by atoms with Crippen LogP contribution in [0.2, 0.25) is 0 Å². The summed E-state index contributed by atoms with van der Waals surface area (Å²) in [6.45, 7) is 7.87. The number of likely N-dealkylation sites (tertiary alicyclic amines) is 1. The minimum atomic E-state index is 0.689. The number of piperidine rings is 1. The number of benzene rings is 2. The number of anilines is 1. The largest absolute Gasteiger partial charge is 0.495 e. The smallest absolute Gasteiger partial charge is 0.142 e. The molecule has 2 aromatic rings. The van der Waals surface area contributed by atoms with Crippen molar-refractivity contribution in [2.45, 2.75) is 18.9 Å². The van der Waals surface area contributed by atoms with Crippen LogP contribution in [0.5, 0.6) is 5.75 Å². The third kappa shape index (κ3) is 5.20. The molecule has 0 aliphatic carbocycles. The van der Waals surface area contributed by atoms with Crippen LogP contribution < -0.4 is 9.64 Å². The molecular weight excluding hydrogens is 358 g/mol. The van der Waals surface area contributed by atoms with E-state index in [0.717, 1.165) is 38.5 Å². The SMILES string of the molecule is COc1ccccc1N1CCN(C2CCCN(CC=Cc3ccccc3)C2)CC1. The highest BCUT2D eigenvalue weighted by atomic mass is 16.5. The zero-order chi connectivity index (χ0) is 19.9. The van der Waals surface area contributed by atoms with Crippen molar-refractivity contribution in [3.05, 3.63) is 66.2 Å². The summed E-state index contributed by atoms with van der Waals surface area (Å²) in [7, 11) is 1.76. The Labute approximate surface area is 175 Å². The summed E-state index contributed by atoms with van der Waals surface area (Å²) in [6.07, 6.45) is 7.19. The Morgan fingerprint density at radius 2 is 1.69 bits per heavy atom. The molecular formula is C25H33N3O. The summed E-state index contributed by atoms with van der Waals surface area (Å²) in [5, 5.41) is 0. The number of methoxy groups -OCH3 is 1. The summed E-state index contributed by atoms with van der Waals surface area (Å²) < 4.78 is 5.56. The van der Waals surface area contributed by atoms with Gasteiger partial charge in [-0.05, 0) is 37.1 Å². The maximum absolute atomic E-state index is 5.56. The number of rotatable bonds is 6. The normalized spacial score (nSPS) is 21.6. The fourth-order valence-electron chi connectivity index (χ4n) is 4.62. The Bertz CT molecular complexity index is 784. The van der Waals surface area contributed by atoms with Crippen molar-refractivity contribution in [2.75, 3.05) is 57.8 Å². The molecule has 0 aromatic heterocycles. The summed E-state index contributed by atoms with van der Waals surface area (Å²) >= 11 is 0. The van der Waals surface area contributed by atoms with E-state index in [9.17, 15) is 0 Å². The lowest BCUT2D eigenvalue weighted by atomic mass is 10.0. The zero-order valence-electron chi connectivity index (χ0n) is 17.5. The van der Waals surface area contributed by atoms with E-state index in [1.807, 2.05) is 6.07 Å². The lowest BCUT2D eigenvalue weighted by Crippen LogP contribution is -2.55. The molecule has 1 unspecified atom stereocenters. The van der Waals surface area contributed by atoms with Crippen molar-refractivity contribution in [3.8, 4) is 5.75 Å². The molecule has 1 atom stereocenters. The maximum Gasteiger partial charge on any atom is 0.142 e. The lowest BCUT2D eigenvalue weighted by Gasteiger charge is -2.44. The van der Waals surface area contributed by atoms with Crippen LogP contribution in [0.25, 0.3) is 6.08 Å². The number of nitrogens with zero attached hydrogens (tertiary/aromatic N) is 3. The lowest BCUT2D eigenvalue weighted by molar-refractivity contribution is 0.0991. The molecule has 2 fully saturated rings. The van der Waals surface area contributed by atoms with Crippen LogP contribution in [-0.4, -0.2) is 68.8 Å².